The maximum absolute atomic E-state index is 11.9. The van der Waals surface area contributed by atoms with Gasteiger partial charge in [-0.25, -0.2) is 0 Å². The zero-order chi connectivity index (χ0) is 14.3. The maximum Gasteiger partial charge on any atom is 0.238 e. The number of rotatable bonds is 7. The molecule has 0 unspecified atom stereocenters. The molecule has 1 rings (SSSR count). The van der Waals surface area contributed by atoms with E-state index in [1.54, 1.807) is 18.2 Å². The number of nitrogens with one attached hydrogen (secondary N) is 1. The smallest absolute Gasteiger partial charge is 0.238 e. The van der Waals surface area contributed by atoms with E-state index in [2.05, 4.69) is 5.32 Å². The van der Waals surface area contributed by atoms with E-state index in [1.165, 1.54) is 0 Å². The van der Waals surface area contributed by atoms with Gasteiger partial charge in [-0.15, -0.1) is 0 Å². The molecule has 0 spiro atoms. The lowest BCUT2D eigenvalue weighted by atomic mass is 10.3. The van der Waals surface area contributed by atoms with Gasteiger partial charge in [-0.2, -0.15) is 0 Å². The Kier molecular flexibility index (Phi) is 6.62. The number of benzene rings is 1. The predicted molar refractivity (Wildman–Crippen MR) is 78.3 cm³/mol. The molecule has 1 aromatic rings. The van der Waals surface area contributed by atoms with E-state index in [4.69, 9.17) is 22.4 Å². The summed E-state index contributed by atoms with van der Waals surface area (Å²) in [6.45, 7) is 3.82. The fraction of sp³-hybridized carbons (Fsp3) is 0.462. The fourth-order valence-corrected chi connectivity index (χ4v) is 1.91. The average Bonchev–Trinajstić information content (AvgIpc) is 2.38. The van der Waals surface area contributed by atoms with Gasteiger partial charge in [0.25, 0.3) is 0 Å². The van der Waals surface area contributed by atoms with Gasteiger partial charge in [0.1, 0.15) is 0 Å². The van der Waals surface area contributed by atoms with Crippen molar-refractivity contribution in [1.82, 2.24) is 4.90 Å². The van der Waals surface area contributed by atoms with Gasteiger partial charge in [0, 0.05) is 18.8 Å². The Morgan fingerprint density at radius 2 is 2.26 bits per heavy atom. The summed E-state index contributed by atoms with van der Waals surface area (Å²) in [5.74, 6) is -0.133. The largest absolute Gasteiger partial charge is 0.399 e. The van der Waals surface area contributed by atoms with E-state index in [1.807, 2.05) is 11.8 Å². The number of nitrogens with zero attached hydrogens (tertiary/aromatic N) is 1. The third kappa shape index (κ3) is 5.46. The molecule has 0 aliphatic rings. The number of likely N-dealkylation sites (N-methyl/N-ethyl adjacent to an activating group) is 1. The molecule has 0 aromatic heterocycles. The molecule has 4 N–H and O–H groups in total. The van der Waals surface area contributed by atoms with Crippen LogP contribution in [0.3, 0.4) is 0 Å². The van der Waals surface area contributed by atoms with Crippen molar-refractivity contribution in [3.63, 3.8) is 0 Å². The molecule has 106 valence electrons. The van der Waals surface area contributed by atoms with Crippen LogP contribution in [0.2, 0.25) is 5.02 Å². The first-order valence-corrected chi connectivity index (χ1v) is 6.62. The van der Waals surface area contributed by atoms with Gasteiger partial charge >= 0.3 is 0 Å². The second kappa shape index (κ2) is 7.99. The molecule has 0 aliphatic carbocycles. The van der Waals surface area contributed by atoms with Crippen LogP contribution in [0.25, 0.3) is 0 Å². The number of nitrogen functional groups attached to an aromatic ring is 1. The second-order valence-corrected chi connectivity index (χ2v) is 4.64. The van der Waals surface area contributed by atoms with Gasteiger partial charge in [0.15, 0.2) is 0 Å². The van der Waals surface area contributed by atoms with E-state index in [0.717, 1.165) is 6.54 Å². The van der Waals surface area contributed by atoms with Crippen LogP contribution in [0.4, 0.5) is 11.4 Å². The maximum atomic E-state index is 11.9. The van der Waals surface area contributed by atoms with Gasteiger partial charge in [-0.1, -0.05) is 18.5 Å². The summed E-state index contributed by atoms with van der Waals surface area (Å²) in [5.41, 5.74) is 6.70. The van der Waals surface area contributed by atoms with Crippen LogP contribution in [0.5, 0.6) is 0 Å². The number of amides is 1. The van der Waals surface area contributed by atoms with Gasteiger partial charge in [0.2, 0.25) is 5.91 Å². The fourth-order valence-electron chi connectivity index (χ4n) is 1.67. The Balaban J connectivity index is 2.54. The Hall–Kier alpha value is -1.30. The Morgan fingerprint density at radius 1 is 1.53 bits per heavy atom. The topological polar surface area (TPSA) is 78.6 Å². The number of aliphatic hydroxyl groups is 1. The summed E-state index contributed by atoms with van der Waals surface area (Å²) in [4.78, 5) is 13.8. The average molecular weight is 286 g/mol. The number of hydrogen-bond acceptors (Lipinski definition) is 4. The van der Waals surface area contributed by atoms with Crippen LogP contribution >= 0.6 is 11.6 Å². The SMILES string of the molecule is CCN(CCCO)CC(=O)Nc1ccc(N)cc1Cl. The Morgan fingerprint density at radius 3 is 2.84 bits per heavy atom. The molecule has 5 nitrogen and oxygen atoms in total. The molecule has 0 saturated carbocycles. The van der Waals surface area contributed by atoms with Crippen molar-refractivity contribution in [3.8, 4) is 0 Å². The van der Waals surface area contributed by atoms with Gasteiger partial charge in [0.05, 0.1) is 17.3 Å². The second-order valence-electron chi connectivity index (χ2n) is 4.23. The van der Waals surface area contributed by atoms with Crippen molar-refractivity contribution in [2.45, 2.75) is 13.3 Å². The van der Waals surface area contributed by atoms with Gasteiger partial charge in [-0.3, -0.25) is 9.69 Å². The molecule has 0 heterocycles. The number of nitrogens with two attached hydrogens (primary N) is 1. The minimum absolute atomic E-state index is 0.127. The number of hydrogen-bond donors (Lipinski definition) is 3. The molecular weight excluding hydrogens is 266 g/mol. The Labute approximate surface area is 118 Å². The lowest BCUT2D eigenvalue weighted by Crippen LogP contribution is -2.34. The lowest BCUT2D eigenvalue weighted by Gasteiger charge is -2.19. The monoisotopic (exact) mass is 285 g/mol. The van der Waals surface area contributed by atoms with Crippen molar-refractivity contribution < 1.29 is 9.90 Å². The summed E-state index contributed by atoms with van der Waals surface area (Å²) in [6.07, 6.45) is 0.656. The molecule has 1 amide bonds. The molecule has 19 heavy (non-hydrogen) atoms. The van der Waals surface area contributed by atoms with Gasteiger partial charge in [-0.05, 0) is 31.2 Å². The molecule has 0 aliphatic heterocycles. The highest BCUT2D eigenvalue weighted by Crippen LogP contribution is 2.23. The first-order valence-electron chi connectivity index (χ1n) is 6.25. The minimum atomic E-state index is -0.133. The van der Waals surface area contributed by atoms with E-state index < -0.39 is 0 Å². The summed E-state index contributed by atoms with van der Waals surface area (Å²) in [5, 5.41) is 12.0. The third-order valence-electron chi connectivity index (χ3n) is 2.71. The van der Waals surface area contributed by atoms with E-state index in [0.29, 0.717) is 29.4 Å². The van der Waals surface area contributed by atoms with Crippen LogP contribution in [-0.4, -0.2) is 42.2 Å². The first-order chi connectivity index (χ1) is 9.06. The minimum Gasteiger partial charge on any atom is -0.399 e. The number of carbonyl (C=O) groups excluding carboxylic acids is 1. The van der Waals surface area contributed by atoms with E-state index in [9.17, 15) is 4.79 Å². The zero-order valence-electron chi connectivity index (χ0n) is 11.0. The van der Waals surface area contributed by atoms with Crippen LogP contribution in [0.1, 0.15) is 13.3 Å². The third-order valence-corrected chi connectivity index (χ3v) is 3.03. The summed E-state index contributed by atoms with van der Waals surface area (Å²) >= 11 is 5.99. The summed E-state index contributed by atoms with van der Waals surface area (Å²) in [6, 6.07) is 4.96. The predicted octanol–water partition coefficient (Wildman–Crippen LogP) is 1.56. The number of aliphatic hydroxyl groups excluding tert-OH is 1. The zero-order valence-corrected chi connectivity index (χ0v) is 11.8. The molecule has 6 heteroatoms. The quantitative estimate of drug-likeness (QED) is 0.665. The van der Waals surface area contributed by atoms with E-state index in [-0.39, 0.29) is 19.1 Å². The van der Waals surface area contributed by atoms with Crippen molar-refractivity contribution in [3.05, 3.63) is 23.2 Å². The normalized spacial score (nSPS) is 10.7. The van der Waals surface area contributed by atoms with Crippen molar-refractivity contribution in [2.75, 3.05) is 37.3 Å². The standard InChI is InChI=1S/C13H20ClN3O2/c1-2-17(6-3-7-18)9-13(19)16-12-5-4-10(15)8-11(12)14/h4-5,8,18H,2-3,6-7,9,15H2,1H3,(H,16,19). The van der Waals surface area contributed by atoms with Gasteiger partial charge < -0.3 is 16.2 Å². The van der Waals surface area contributed by atoms with Crippen molar-refractivity contribution in [1.29, 1.82) is 0 Å². The number of anilines is 2. The van der Waals surface area contributed by atoms with Crippen molar-refractivity contribution >= 4 is 28.9 Å². The molecule has 0 radical (unpaired) electrons. The Bertz CT molecular complexity index is 426. The van der Waals surface area contributed by atoms with Crippen LogP contribution in [-0.2, 0) is 4.79 Å². The van der Waals surface area contributed by atoms with E-state index >= 15 is 0 Å². The van der Waals surface area contributed by atoms with Crippen molar-refractivity contribution in [2.24, 2.45) is 0 Å². The summed E-state index contributed by atoms with van der Waals surface area (Å²) < 4.78 is 0. The number of halogens is 1. The van der Waals surface area contributed by atoms with Crippen LogP contribution in [0, 0.1) is 0 Å². The lowest BCUT2D eigenvalue weighted by molar-refractivity contribution is -0.117. The molecule has 0 fully saturated rings. The first kappa shape index (κ1) is 15.8. The highest BCUT2D eigenvalue weighted by Gasteiger charge is 2.10. The molecule has 0 bridgehead atoms. The summed E-state index contributed by atoms with van der Waals surface area (Å²) in [7, 11) is 0. The molecule has 1 aromatic carbocycles. The highest BCUT2D eigenvalue weighted by atomic mass is 35.5. The molecule has 0 atom stereocenters. The highest BCUT2D eigenvalue weighted by molar-refractivity contribution is 6.34. The molecular formula is C13H20ClN3O2. The number of carbonyl (C=O) groups is 1. The van der Waals surface area contributed by atoms with Crippen LogP contribution < -0.4 is 11.1 Å². The molecule has 0 saturated heterocycles. The van der Waals surface area contributed by atoms with Crippen LogP contribution in [0.15, 0.2) is 18.2 Å².